The number of hydrogen-bond acceptors (Lipinski definition) is 10. The second-order valence-electron chi connectivity index (χ2n) is 10.9. The van der Waals surface area contributed by atoms with Gasteiger partial charge in [0.2, 0.25) is 5.95 Å². The number of likely N-dealkylation sites (N-methyl/N-ethyl adjacent to an activating group) is 1. The van der Waals surface area contributed by atoms with E-state index in [0.717, 1.165) is 44.7 Å². The van der Waals surface area contributed by atoms with E-state index in [1.165, 1.54) is 12.0 Å². The molecule has 1 atom stereocenters. The Balaban J connectivity index is 1.23. The summed E-state index contributed by atoms with van der Waals surface area (Å²) in [6, 6.07) is 22.3. The minimum absolute atomic E-state index is 0.0620. The molecule has 4 aromatic rings. The average Bonchev–Trinajstić information content (AvgIpc) is 3.06. The van der Waals surface area contributed by atoms with E-state index in [0.29, 0.717) is 47.4 Å². The van der Waals surface area contributed by atoms with E-state index < -0.39 is 11.9 Å². The van der Waals surface area contributed by atoms with Gasteiger partial charge in [0.05, 0.1) is 13.2 Å². The number of benzene rings is 3. The number of Topliss-reactive ketones (excluding diaryl/α,β-unsaturated/α-hetero) is 1. The number of nitrogens with one attached hydrogen (secondary N) is 1. The van der Waals surface area contributed by atoms with Crippen LogP contribution in [0, 0.1) is 0 Å². The van der Waals surface area contributed by atoms with Crippen molar-refractivity contribution in [2.24, 2.45) is 0 Å². The summed E-state index contributed by atoms with van der Waals surface area (Å²) in [6.07, 6.45) is 1.44. The highest BCUT2D eigenvalue weighted by Gasteiger charge is 2.26. The maximum Gasteiger partial charge on any atom is 0.230 e. The minimum atomic E-state index is -1.42. The standard InChI is InChI=1S/C33H36N6O4/c1-38-15-17-39(18-16-38)26-10-8-25(9-11-26)36-33-35-22-34-32(37-33)24-7-12-29(43-27-13-19-42-20-14-27)28(21-24)31(41)30(40)23-5-3-2-4-6-23/h2-12,21-22,27,31,41H,13-20H2,1H3,(H,34,35,36,37). The van der Waals surface area contributed by atoms with Gasteiger partial charge in [0.15, 0.2) is 11.6 Å². The number of rotatable bonds is 9. The fraction of sp³-hybridized carbons (Fsp3) is 0.333. The molecule has 6 rings (SSSR count). The van der Waals surface area contributed by atoms with Gasteiger partial charge in [-0.2, -0.15) is 4.98 Å². The summed E-state index contributed by atoms with van der Waals surface area (Å²) >= 11 is 0. The van der Waals surface area contributed by atoms with Crippen LogP contribution in [0.2, 0.25) is 0 Å². The van der Waals surface area contributed by atoms with Gasteiger partial charge in [0.1, 0.15) is 24.3 Å². The van der Waals surface area contributed by atoms with Crippen molar-refractivity contribution < 1.29 is 19.4 Å². The summed E-state index contributed by atoms with van der Waals surface area (Å²) in [5.74, 6) is 0.847. The first kappa shape index (κ1) is 28.7. The number of nitrogens with zero attached hydrogens (tertiary/aromatic N) is 5. The van der Waals surface area contributed by atoms with Crippen molar-refractivity contribution in [3.63, 3.8) is 0 Å². The topological polar surface area (TPSA) is 113 Å². The zero-order valence-electron chi connectivity index (χ0n) is 24.2. The number of ether oxygens (including phenoxy) is 2. The molecule has 43 heavy (non-hydrogen) atoms. The molecule has 2 aliphatic rings. The Bertz CT molecular complexity index is 1520. The zero-order chi connectivity index (χ0) is 29.6. The van der Waals surface area contributed by atoms with Crippen molar-refractivity contribution in [1.82, 2.24) is 19.9 Å². The van der Waals surface area contributed by atoms with Crippen molar-refractivity contribution in [3.05, 3.63) is 90.3 Å². The van der Waals surface area contributed by atoms with Crippen LogP contribution in [0.1, 0.15) is 34.9 Å². The molecule has 10 heteroatoms. The first-order valence-corrected chi connectivity index (χ1v) is 14.7. The van der Waals surface area contributed by atoms with Crippen LogP contribution in [0.3, 0.4) is 0 Å². The van der Waals surface area contributed by atoms with Crippen molar-refractivity contribution in [1.29, 1.82) is 0 Å². The molecule has 2 fully saturated rings. The summed E-state index contributed by atoms with van der Waals surface area (Å²) < 4.78 is 11.7. The lowest BCUT2D eigenvalue weighted by Gasteiger charge is -2.34. The molecule has 0 saturated carbocycles. The van der Waals surface area contributed by atoms with E-state index in [-0.39, 0.29) is 6.10 Å². The number of aliphatic hydroxyl groups is 1. The van der Waals surface area contributed by atoms with Crippen LogP contribution >= 0.6 is 0 Å². The lowest BCUT2D eigenvalue weighted by Crippen LogP contribution is -2.44. The number of ketones is 1. The van der Waals surface area contributed by atoms with Gasteiger partial charge in [-0.05, 0) is 49.5 Å². The molecular weight excluding hydrogens is 544 g/mol. The number of anilines is 3. The van der Waals surface area contributed by atoms with Gasteiger partial charge in [-0.15, -0.1) is 0 Å². The molecule has 3 heterocycles. The Kier molecular flexibility index (Phi) is 8.88. The van der Waals surface area contributed by atoms with Crippen LogP contribution in [0.25, 0.3) is 11.4 Å². The van der Waals surface area contributed by atoms with Crippen LogP contribution in [0.5, 0.6) is 5.75 Å². The Labute approximate surface area is 251 Å². The first-order valence-electron chi connectivity index (χ1n) is 14.7. The highest BCUT2D eigenvalue weighted by atomic mass is 16.5. The summed E-state index contributed by atoms with van der Waals surface area (Å²) in [4.78, 5) is 31.3. The maximum absolute atomic E-state index is 13.3. The highest BCUT2D eigenvalue weighted by molar-refractivity contribution is 6.00. The number of carbonyl (C=O) groups is 1. The molecule has 10 nitrogen and oxygen atoms in total. The molecule has 0 radical (unpaired) electrons. The number of hydrogen-bond donors (Lipinski definition) is 2. The third kappa shape index (κ3) is 6.99. The monoisotopic (exact) mass is 580 g/mol. The van der Waals surface area contributed by atoms with Crippen molar-refractivity contribution in [2.75, 3.05) is 56.7 Å². The fourth-order valence-corrected chi connectivity index (χ4v) is 5.33. The Morgan fingerprint density at radius 3 is 2.47 bits per heavy atom. The molecule has 0 spiro atoms. The van der Waals surface area contributed by atoms with Crippen LogP contribution in [-0.2, 0) is 4.74 Å². The molecule has 2 saturated heterocycles. The number of aliphatic hydroxyl groups excluding tert-OH is 1. The molecule has 2 aliphatic heterocycles. The summed E-state index contributed by atoms with van der Waals surface area (Å²) in [5, 5.41) is 14.5. The summed E-state index contributed by atoms with van der Waals surface area (Å²) in [7, 11) is 2.15. The van der Waals surface area contributed by atoms with Crippen LogP contribution in [-0.4, -0.2) is 83.3 Å². The number of aromatic nitrogens is 3. The fourth-order valence-electron chi connectivity index (χ4n) is 5.33. The molecule has 2 N–H and O–H groups in total. The number of carbonyl (C=O) groups excluding carboxylic acids is 1. The van der Waals surface area contributed by atoms with Gasteiger partial charge in [-0.25, -0.2) is 9.97 Å². The molecule has 222 valence electrons. The largest absolute Gasteiger partial charge is 0.490 e. The van der Waals surface area contributed by atoms with E-state index >= 15 is 0 Å². The molecule has 1 unspecified atom stereocenters. The normalized spacial score (nSPS) is 16.9. The predicted molar refractivity (Wildman–Crippen MR) is 165 cm³/mol. The minimum Gasteiger partial charge on any atom is -0.490 e. The first-order chi connectivity index (χ1) is 21.0. The quantitative estimate of drug-likeness (QED) is 0.274. The summed E-state index contributed by atoms with van der Waals surface area (Å²) in [5.41, 5.74) is 3.47. The van der Waals surface area contributed by atoms with Gasteiger partial charge in [0.25, 0.3) is 0 Å². The van der Waals surface area contributed by atoms with Crippen LogP contribution in [0.4, 0.5) is 17.3 Å². The van der Waals surface area contributed by atoms with Crippen molar-refractivity contribution in [2.45, 2.75) is 25.0 Å². The molecule has 0 aliphatic carbocycles. The van der Waals surface area contributed by atoms with Gasteiger partial charge in [0, 0.05) is 67.1 Å². The second kappa shape index (κ2) is 13.3. The van der Waals surface area contributed by atoms with E-state index in [1.54, 1.807) is 36.4 Å². The lowest BCUT2D eigenvalue weighted by atomic mass is 9.97. The zero-order valence-corrected chi connectivity index (χ0v) is 24.2. The molecule has 0 bridgehead atoms. The van der Waals surface area contributed by atoms with Gasteiger partial charge >= 0.3 is 0 Å². The Morgan fingerprint density at radius 2 is 1.72 bits per heavy atom. The van der Waals surface area contributed by atoms with E-state index in [1.807, 2.05) is 24.3 Å². The van der Waals surface area contributed by atoms with Crippen molar-refractivity contribution >= 4 is 23.1 Å². The third-order valence-electron chi connectivity index (χ3n) is 7.89. The lowest BCUT2D eigenvalue weighted by molar-refractivity contribution is 0.0240. The maximum atomic E-state index is 13.3. The van der Waals surface area contributed by atoms with Gasteiger partial charge < -0.3 is 29.7 Å². The smallest absolute Gasteiger partial charge is 0.230 e. The third-order valence-corrected chi connectivity index (χ3v) is 7.89. The molecule has 0 amide bonds. The average molecular weight is 581 g/mol. The van der Waals surface area contributed by atoms with E-state index in [4.69, 9.17) is 9.47 Å². The predicted octanol–water partition coefficient (Wildman–Crippen LogP) is 4.51. The SMILES string of the molecule is CN1CCN(c2ccc(Nc3ncnc(-c4ccc(OC5CCOCC5)c(C(O)C(=O)c5ccccc5)c4)n3)cc2)CC1. The molecular formula is C33H36N6O4. The van der Waals surface area contributed by atoms with Gasteiger partial charge in [-0.3, -0.25) is 4.79 Å². The number of piperazine rings is 1. The van der Waals surface area contributed by atoms with Crippen LogP contribution < -0.4 is 15.0 Å². The van der Waals surface area contributed by atoms with Crippen LogP contribution in [0.15, 0.2) is 79.1 Å². The Hall–Kier alpha value is -4.38. The summed E-state index contributed by atoms with van der Waals surface area (Å²) in [6.45, 7) is 5.34. The van der Waals surface area contributed by atoms with Gasteiger partial charge in [-0.1, -0.05) is 30.3 Å². The molecule has 3 aromatic carbocycles. The van der Waals surface area contributed by atoms with E-state index in [9.17, 15) is 9.90 Å². The highest BCUT2D eigenvalue weighted by Crippen LogP contribution is 2.33. The molecule has 1 aromatic heterocycles. The van der Waals surface area contributed by atoms with Crippen molar-refractivity contribution in [3.8, 4) is 17.1 Å². The van der Waals surface area contributed by atoms with E-state index in [2.05, 4.69) is 49.2 Å². The second-order valence-corrected chi connectivity index (χ2v) is 10.9. The Morgan fingerprint density at radius 1 is 0.977 bits per heavy atom.